The van der Waals surface area contributed by atoms with E-state index < -0.39 is 0 Å². The normalized spacial score (nSPS) is 36.0. The topological polar surface area (TPSA) is 91.5 Å². The van der Waals surface area contributed by atoms with Crippen molar-refractivity contribution in [2.45, 2.75) is 12.2 Å². The largest absolute Gasteiger partial charge is 0.370 e. The fourth-order valence-electron chi connectivity index (χ4n) is 1.25. The Kier molecular flexibility index (Phi) is 1.30. The number of fused-ring (bicyclic) bond motifs is 1. The lowest BCUT2D eigenvalue weighted by Crippen LogP contribution is -2.55. The third kappa shape index (κ3) is 0.958. The standard InChI is InChI=1S/C5H9N5O/c6-5-9-3-2(4(11)10-5)7-1-8-3/h2-3,7-8H,1H2,(H3,6,9,10,11). The Labute approximate surface area is 63.2 Å². The zero-order valence-corrected chi connectivity index (χ0v) is 5.79. The van der Waals surface area contributed by atoms with Crippen molar-refractivity contribution in [2.24, 2.45) is 10.7 Å². The molecular formula is C5H9N5O. The van der Waals surface area contributed by atoms with Gasteiger partial charge < -0.3 is 5.73 Å². The Morgan fingerprint density at radius 3 is 3.18 bits per heavy atom. The van der Waals surface area contributed by atoms with Crippen LogP contribution in [0.4, 0.5) is 0 Å². The van der Waals surface area contributed by atoms with Gasteiger partial charge in [-0.05, 0) is 0 Å². The lowest BCUT2D eigenvalue weighted by atomic mass is 10.2. The lowest BCUT2D eigenvalue weighted by Gasteiger charge is -2.20. The minimum Gasteiger partial charge on any atom is -0.370 e. The van der Waals surface area contributed by atoms with Gasteiger partial charge in [0, 0.05) is 6.67 Å². The first kappa shape index (κ1) is 6.56. The second-order valence-corrected chi connectivity index (χ2v) is 2.51. The minimum atomic E-state index is -0.262. The number of guanidine groups is 1. The van der Waals surface area contributed by atoms with E-state index >= 15 is 0 Å². The summed E-state index contributed by atoms with van der Waals surface area (Å²) in [6.45, 7) is 0.597. The van der Waals surface area contributed by atoms with Crippen LogP contribution in [0.1, 0.15) is 0 Å². The summed E-state index contributed by atoms with van der Waals surface area (Å²) >= 11 is 0. The number of amides is 1. The molecule has 2 rings (SSSR count). The van der Waals surface area contributed by atoms with Crippen molar-refractivity contribution in [3.63, 3.8) is 0 Å². The summed E-state index contributed by atoms with van der Waals surface area (Å²) in [5.74, 6) is 0.0694. The smallest absolute Gasteiger partial charge is 0.247 e. The highest BCUT2D eigenvalue weighted by atomic mass is 16.2. The molecule has 0 saturated carbocycles. The first-order chi connectivity index (χ1) is 5.27. The van der Waals surface area contributed by atoms with Crippen molar-refractivity contribution >= 4 is 11.9 Å². The maximum atomic E-state index is 11.1. The molecule has 1 saturated heterocycles. The number of carbonyl (C=O) groups excluding carboxylic acids is 1. The van der Waals surface area contributed by atoms with E-state index in [1.807, 2.05) is 0 Å². The van der Waals surface area contributed by atoms with Crippen molar-refractivity contribution in [1.29, 1.82) is 0 Å². The molecule has 60 valence electrons. The van der Waals surface area contributed by atoms with Gasteiger partial charge >= 0.3 is 0 Å². The lowest BCUT2D eigenvalue weighted by molar-refractivity contribution is -0.122. The van der Waals surface area contributed by atoms with Crippen molar-refractivity contribution in [2.75, 3.05) is 6.67 Å². The van der Waals surface area contributed by atoms with Gasteiger partial charge in [-0.1, -0.05) is 0 Å². The van der Waals surface area contributed by atoms with E-state index in [1.165, 1.54) is 0 Å². The number of aliphatic imine (C=N–C) groups is 1. The van der Waals surface area contributed by atoms with Crippen LogP contribution < -0.4 is 21.7 Å². The van der Waals surface area contributed by atoms with Crippen molar-refractivity contribution < 1.29 is 4.79 Å². The number of hydrogen-bond acceptors (Lipinski definition) is 5. The molecule has 2 aliphatic heterocycles. The molecule has 6 heteroatoms. The van der Waals surface area contributed by atoms with E-state index in [-0.39, 0.29) is 24.1 Å². The van der Waals surface area contributed by atoms with E-state index in [4.69, 9.17) is 5.73 Å². The summed E-state index contributed by atoms with van der Waals surface area (Å²) in [4.78, 5) is 15.1. The number of nitrogens with zero attached hydrogens (tertiary/aromatic N) is 1. The van der Waals surface area contributed by atoms with Crippen LogP contribution in [0.5, 0.6) is 0 Å². The predicted molar refractivity (Wildman–Crippen MR) is 38.5 cm³/mol. The van der Waals surface area contributed by atoms with Gasteiger partial charge in [0.2, 0.25) is 5.91 Å². The van der Waals surface area contributed by atoms with Gasteiger partial charge in [0.15, 0.2) is 5.96 Å². The maximum Gasteiger partial charge on any atom is 0.247 e. The molecule has 2 atom stereocenters. The Hall–Kier alpha value is -1.14. The van der Waals surface area contributed by atoms with E-state index in [2.05, 4.69) is 20.9 Å². The molecule has 1 fully saturated rings. The highest BCUT2D eigenvalue weighted by molar-refractivity contribution is 6.01. The number of carbonyl (C=O) groups is 1. The Morgan fingerprint density at radius 2 is 2.36 bits per heavy atom. The molecule has 0 aromatic carbocycles. The fraction of sp³-hybridized carbons (Fsp3) is 0.600. The Bertz CT molecular complexity index is 225. The molecule has 5 N–H and O–H groups in total. The van der Waals surface area contributed by atoms with Gasteiger partial charge in [0.25, 0.3) is 0 Å². The van der Waals surface area contributed by atoms with Crippen LogP contribution in [0.2, 0.25) is 0 Å². The van der Waals surface area contributed by atoms with Gasteiger partial charge in [-0.25, -0.2) is 4.99 Å². The van der Waals surface area contributed by atoms with Crippen LogP contribution in [0.15, 0.2) is 4.99 Å². The van der Waals surface area contributed by atoms with Gasteiger partial charge in [0.1, 0.15) is 12.2 Å². The predicted octanol–water partition coefficient (Wildman–Crippen LogP) is -2.72. The molecule has 6 nitrogen and oxygen atoms in total. The summed E-state index contributed by atoms with van der Waals surface area (Å²) in [7, 11) is 0. The van der Waals surface area contributed by atoms with E-state index in [1.54, 1.807) is 0 Å². The SMILES string of the molecule is NC1=NC2NCNC2C(=O)N1. The molecule has 2 unspecified atom stereocenters. The molecule has 0 bridgehead atoms. The highest BCUT2D eigenvalue weighted by Crippen LogP contribution is 2.04. The summed E-state index contributed by atoms with van der Waals surface area (Å²) in [5, 5.41) is 8.36. The van der Waals surface area contributed by atoms with Crippen LogP contribution in [0, 0.1) is 0 Å². The average Bonchev–Trinajstić information content (AvgIpc) is 2.34. The Morgan fingerprint density at radius 1 is 1.55 bits per heavy atom. The average molecular weight is 155 g/mol. The molecule has 1 amide bonds. The van der Waals surface area contributed by atoms with Gasteiger partial charge in [-0.15, -0.1) is 0 Å². The number of nitrogens with one attached hydrogen (secondary N) is 3. The van der Waals surface area contributed by atoms with Crippen LogP contribution in [-0.2, 0) is 4.79 Å². The monoisotopic (exact) mass is 155 g/mol. The van der Waals surface area contributed by atoms with Gasteiger partial charge in [0.05, 0.1) is 0 Å². The fourth-order valence-corrected chi connectivity index (χ4v) is 1.25. The molecule has 0 radical (unpaired) electrons. The van der Waals surface area contributed by atoms with Crippen LogP contribution in [0.25, 0.3) is 0 Å². The summed E-state index contributed by atoms with van der Waals surface area (Å²) in [5.41, 5.74) is 5.33. The maximum absolute atomic E-state index is 11.1. The zero-order chi connectivity index (χ0) is 7.84. The second-order valence-electron chi connectivity index (χ2n) is 2.51. The van der Waals surface area contributed by atoms with Crippen molar-refractivity contribution in [3.05, 3.63) is 0 Å². The molecule has 2 heterocycles. The number of hydrogen-bond donors (Lipinski definition) is 4. The van der Waals surface area contributed by atoms with E-state index in [9.17, 15) is 4.79 Å². The summed E-state index contributed by atoms with van der Waals surface area (Å²) < 4.78 is 0. The van der Waals surface area contributed by atoms with Gasteiger partial charge in [-0.2, -0.15) is 0 Å². The molecule has 2 aliphatic rings. The number of rotatable bonds is 0. The second kappa shape index (κ2) is 2.18. The molecule has 0 aromatic heterocycles. The van der Waals surface area contributed by atoms with Crippen molar-refractivity contribution in [1.82, 2.24) is 16.0 Å². The quantitative estimate of drug-likeness (QED) is 0.306. The Balaban J connectivity index is 2.25. The third-order valence-corrected chi connectivity index (χ3v) is 1.76. The van der Waals surface area contributed by atoms with E-state index in [0.717, 1.165) is 0 Å². The summed E-state index contributed by atoms with van der Waals surface area (Å²) in [6.07, 6.45) is -0.191. The van der Waals surface area contributed by atoms with Crippen LogP contribution in [0.3, 0.4) is 0 Å². The van der Waals surface area contributed by atoms with Crippen LogP contribution in [-0.4, -0.2) is 30.7 Å². The molecule has 11 heavy (non-hydrogen) atoms. The first-order valence-corrected chi connectivity index (χ1v) is 3.38. The third-order valence-electron chi connectivity index (χ3n) is 1.76. The molecular weight excluding hydrogens is 146 g/mol. The van der Waals surface area contributed by atoms with Crippen LogP contribution >= 0.6 is 0 Å². The van der Waals surface area contributed by atoms with Gasteiger partial charge in [-0.3, -0.25) is 20.7 Å². The molecule has 0 aromatic rings. The van der Waals surface area contributed by atoms with E-state index in [0.29, 0.717) is 6.67 Å². The zero-order valence-electron chi connectivity index (χ0n) is 5.79. The highest BCUT2D eigenvalue weighted by Gasteiger charge is 2.35. The number of nitrogens with two attached hydrogens (primary N) is 1. The van der Waals surface area contributed by atoms with Crippen molar-refractivity contribution in [3.8, 4) is 0 Å². The summed E-state index contributed by atoms with van der Waals surface area (Å²) in [6, 6.07) is -0.262. The minimum absolute atomic E-state index is 0.118. The molecule has 0 spiro atoms. The molecule has 0 aliphatic carbocycles. The first-order valence-electron chi connectivity index (χ1n) is 3.38.